The zero-order chi connectivity index (χ0) is 11.8. The van der Waals surface area contributed by atoms with E-state index in [0.717, 1.165) is 31.6 Å². The Morgan fingerprint density at radius 2 is 1.94 bits per heavy atom. The first kappa shape index (κ1) is 13.4. The van der Waals surface area contributed by atoms with Crippen LogP contribution in [0.3, 0.4) is 0 Å². The Morgan fingerprint density at radius 1 is 1.19 bits per heavy atom. The van der Waals surface area contributed by atoms with E-state index < -0.39 is 10.8 Å². The van der Waals surface area contributed by atoms with Gasteiger partial charge in [0.25, 0.3) is 0 Å². The van der Waals surface area contributed by atoms with Crippen molar-refractivity contribution >= 4 is 10.8 Å². The molecule has 1 atom stereocenters. The predicted octanol–water partition coefficient (Wildman–Crippen LogP) is 2.37. The lowest BCUT2D eigenvalue weighted by molar-refractivity contribution is 0.672. The van der Waals surface area contributed by atoms with Crippen LogP contribution in [-0.2, 0) is 16.6 Å². The Hall–Kier alpha value is -0.670. The van der Waals surface area contributed by atoms with Crippen molar-refractivity contribution in [2.24, 2.45) is 5.73 Å². The normalized spacial score (nSPS) is 12.6. The highest BCUT2D eigenvalue weighted by molar-refractivity contribution is 7.84. The monoisotopic (exact) mass is 239 g/mol. The Morgan fingerprint density at radius 3 is 2.62 bits per heavy atom. The van der Waals surface area contributed by atoms with E-state index in [9.17, 15) is 4.21 Å². The van der Waals surface area contributed by atoms with Crippen molar-refractivity contribution in [2.45, 2.75) is 31.9 Å². The average molecular weight is 239 g/mol. The topological polar surface area (TPSA) is 43.1 Å². The zero-order valence-corrected chi connectivity index (χ0v) is 10.8. The third-order valence-electron chi connectivity index (χ3n) is 2.65. The van der Waals surface area contributed by atoms with Crippen LogP contribution in [-0.4, -0.2) is 16.5 Å². The van der Waals surface area contributed by atoms with Crippen LogP contribution in [0.25, 0.3) is 0 Å². The van der Waals surface area contributed by atoms with Gasteiger partial charge < -0.3 is 5.73 Å². The molecule has 3 heteroatoms. The number of hydrogen-bond donors (Lipinski definition) is 1. The van der Waals surface area contributed by atoms with Gasteiger partial charge >= 0.3 is 0 Å². The molecule has 1 aromatic rings. The van der Waals surface area contributed by atoms with Gasteiger partial charge in [-0.2, -0.15) is 0 Å². The van der Waals surface area contributed by atoms with E-state index in [1.165, 1.54) is 11.1 Å². The molecule has 0 saturated heterocycles. The molecule has 0 heterocycles. The zero-order valence-electron chi connectivity index (χ0n) is 9.95. The smallest absolute Gasteiger partial charge is 0.0488 e. The average Bonchev–Trinajstić information content (AvgIpc) is 2.28. The van der Waals surface area contributed by atoms with Crippen LogP contribution in [0.5, 0.6) is 0 Å². The third kappa shape index (κ3) is 4.90. The van der Waals surface area contributed by atoms with Gasteiger partial charge in [-0.25, -0.2) is 0 Å². The summed E-state index contributed by atoms with van der Waals surface area (Å²) in [6, 6.07) is 8.16. The highest BCUT2D eigenvalue weighted by Gasteiger charge is 2.03. The molecule has 0 radical (unpaired) electrons. The molecular formula is C13H21NOS. The molecule has 0 aliphatic rings. The van der Waals surface area contributed by atoms with Crippen molar-refractivity contribution in [2.75, 3.05) is 12.3 Å². The van der Waals surface area contributed by atoms with Crippen LogP contribution in [0.15, 0.2) is 24.3 Å². The molecule has 0 spiro atoms. The summed E-state index contributed by atoms with van der Waals surface area (Å²) < 4.78 is 11.8. The van der Waals surface area contributed by atoms with E-state index >= 15 is 0 Å². The second-order valence-corrected chi connectivity index (χ2v) is 5.64. The number of rotatable bonds is 7. The molecular weight excluding hydrogens is 218 g/mol. The van der Waals surface area contributed by atoms with E-state index in [1.807, 2.05) is 12.1 Å². The summed E-state index contributed by atoms with van der Waals surface area (Å²) in [5.41, 5.74) is 7.86. The number of unbranched alkanes of at least 4 members (excludes halogenated alkanes) is 2. The van der Waals surface area contributed by atoms with E-state index in [1.54, 1.807) is 0 Å². The molecule has 0 aliphatic heterocycles. The SMILES string of the molecule is Cc1ccccc1CS(=O)CCCCCN. The number of benzene rings is 1. The predicted molar refractivity (Wildman–Crippen MR) is 70.8 cm³/mol. The Kier molecular flexibility index (Phi) is 6.34. The van der Waals surface area contributed by atoms with Gasteiger partial charge in [-0.05, 0) is 37.4 Å². The Bertz CT molecular complexity index is 338. The summed E-state index contributed by atoms with van der Waals surface area (Å²) in [6.45, 7) is 2.81. The summed E-state index contributed by atoms with van der Waals surface area (Å²) in [7, 11) is -0.726. The fourth-order valence-corrected chi connectivity index (χ4v) is 2.94. The molecule has 0 fully saturated rings. The molecule has 0 aliphatic carbocycles. The van der Waals surface area contributed by atoms with Crippen molar-refractivity contribution in [1.29, 1.82) is 0 Å². The largest absolute Gasteiger partial charge is 0.330 e. The lowest BCUT2D eigenvalue weighted by Crippen LogP contribution is -2.04. The second-order valence-electron chi connectivity index (χ2n) is 4.06. The summed E-state index contributed by atoms with van der Waals surface area (Å²) in [6.07, 6.45) is 3.16. The molecule has 1 unspecified atom stereocenters. The minimum Gasteiger partial charge on any atom is -0.330 e. The Labute approximate surface area is 101 Å². The van der Waals surface area contributed by atoms with Crippen LogP contribution in [0.1, 0.15) is 30.4 Å². The van der Waals surface area contributed by atoms with Crippen molar-refractivity contribution < 1.29 is 4.21 Å². The second kappa shape index (κ2) is 7.58. The summed E-state index contributed by atoms with van der Waals surface area (Å²) in [5.74, 6) is 1.49. The maximum absolute atomic E-state index is 11.8. The van der Waals surface area contributed by atoms with Crippen molar-refractivity contribution in [3.8, 4) is 0 Å². The Balaban J connectivity index is 2.32. The first-order chi connectivity index (χ1) is 7.74. The van der Waals surface area contributed by atoms with Crippen LogP contribution < -0.4 is 5.73 Å². The molecule has 16 heavy (non-hydrogen) atoms. The van der Waals surface area contributed by atoms with Gasteiger partial charge in [0.05, 0.1) is 0 Å². The minimum absolute atomic E-state index is 0.690. The van der Waals surface area contributed by atoms with Crippen molar-refractivity contribution in [3.05, 3.63) is 35.4 Å². The minimum atomic E-state index is -0.726. The van der Waals surface area contributed by atoms with Crippen LogP contribution >= 0.6 is 0 Å². The number of nitrogens with two attached hydrogens (primary N) is 1. The van der Waals surface area contributed by atoms with Crippen LogP contribution in [0.2, 0.25) is 0 Å². The quantitative estimate of drug-likeness (QED) is 0.742. The molecule has 1 aromatic carbocycles. The highest BCUT2D eigenvalue weighted by atomic mass is 32.2. The van der Waals surface area contributed by atoms with E-state index in [0.29, 0.717) is 5.75 Å². The van der Waals surface area contributed by atoms with Gasteiger partial charge in [-0.15, -0.1) is 0 Å². The molecule has 0 bridgehead atoms. The molecule has 2 nitrogen and oxygen atoms in total. The van der Waals surface area contributed by atoms with Gasteiger partial charge in [-0.3, -0.25) is 4.21 Å². The summed E-state index contributed by atoms with van der Waals surface area (Å²) >= 11 is 0. The van der Waals surface area contributed by atoms with Crippen LogP contribution in [0.4, 0.5) is 0 Å². The van der Waals surface area contributed by atoms with Crippen LogP contribution in [0, 0.1) is 6.92 Å². The maximum Gasteiger partial charge on any atom is 0.0488 e. The molecule has 1 rings (SSSR count). The summed E-state index contributed by atoms with van der Waals surface area (Å²) in [4.78, 5) is 0. The van der Waals surface area contributed by atoms with Crippen molar-refractivity contribution in [3.63, 3.8) is 0 Å². The first-order valence-electron chi connectivity index (χ1n) is 5.83. The van der Waals surface area contributed by atoms with Gasteiger partial charge in [0.1, 0.15) is 0 Å². The summed E-state index contributed by atoms with van der Waals surface area (Å²) in [5, 5.41) is 0. The van der Waals surface area contributed by atoms with Gasteiger partial charge in [0.2, 0.25) is 0 Å². The number of aryl methyl sites for hydroxylation is 1. The molecule has 0 amide bonds. The molecule has 0 saturated carbocycles. The standard InChI is InChI=1S/C13H21NOS/c1-12-7-3-4-8-13(12)11-16(15)10-6-2-5-9-14/h3-4,7-8H,2,5-6,9-11,14H2,1H3. The highest BCUT2D eigenvalue weighted by Crippen LogP contribution is 2.10. The third-order valence-corrected chi connectivity index (χ3v) is 4.03. The fraction of sp³-hybridized carbons (Fsp3) is 0.538. The van der Waals surface area contributed by atoms with E-state index in [2.05, 4.69) is 19.1 Å². The lowest BCUT2D eigenvalue weighted by Gasteiger charge is -2.05. The van der Waals surface area contributed by atoms with E-state index in [-0.39, 0.29) is 0 Å². The first-order valence-corrected chi connectivity index (χ1v) is 7.32. The molecule has 90 valence electrons. The molecule has 0 aromatic heterocycles. The maximum atomic E-state index is 11.8. The van der Waals surface area contributed by atoms with Gasteiger partial charge in [0.15, 0.2) is 0 Å². The van der Waals surface area contributed by atoms with E-state index in [4.69, 9.17) is 5.73 Å². The number of hydrogen-bond acceptors (Lipinski definition) is 2. The fourth-order valence-electron chi connectivity index (χ4n) is 1.60. The van der Waals surface area contributed by atoms with Gasteiger partial charge in [0, 0.05) is 22.3 Å². The molecule has 2 N–H and O–H groups in total. The lowest BCUT2D eigenvalue weighted by atomic mass is 10.1. The van der Waals surface area contributed by atoms with Gasteiger partial charge in [-0.1, -0.05) is 30.7 Å². The van der Waals surface area contributed by atoms with Crippen molar-refractivity contribution in [1.82, 2.24) is 0 Å².